The van der Waals surface area contributed by atoms with Crippen LogP contribution in [0.25, 0.3) is 11.3 Å². The van der Waals surface area contributed by atoms with E-state index in [2.05, 4.69) is 15.5 Å². The highest BCUT2D eigenvalue weighted by atomic mass is 16.1. The quantitative estimate of drug-likeness (QED) is 0.611. The summed E-state index contributed by atoms with van der Waals surface area (Å²) in [6, 6.07) is 17.2. The first-order chi connectivity index (χ1) is 12.3. The number of nitrogens with one attached hydrogen (secondary N) is 1. The molecule has 0 aliphatic rings. The number of hydrogen-bond acceptors (Lipinski definition) is 3. The number of benzene rings is 1. The van der Waals surface area contributed by atoms with Crippen molar-refractivity contribution in [2.75, 3.05) is 6.54 Å². The van der Waals surface area contributed by atoms with Crippen LogP contribution in [0.15, 0.2) is 73.2 Å². The molecule has 4 rings (SSSR count). The maximum Gasteiger partial charge on any atom is 0.251 e. The Morgan fingerprint density at radius 2 is 1.68 bits per heavy atom. The molecule has 0 radical (unpaired) electrons. The molecule has 0 atom stereocenters. The fourth-order valence-corrected chi connectivity index (χ4v) is 2.74. The number of carbonyl (C=O) groups excluding carboxylic acids is 1. The predicted molar refractivity (Wildman–Crippen MR) is 94.8 cm³/mol. The van der Waals surface area contributed by atoms with Gasteiger partial charge in [0.2, 0.25) is 0 Å². The first-order valence-electron chi connectivity index (χ1n) is 8.11. The van der Waals surface area contributed by atoms with Crippen LogP contribution in [0.5, 0.6) is 0 Å². The summed E-state index contributed by atoms with van der Waals surface area (Å²) in [6.07, 6.45) is 6.49. The van der Waals surface area contributed by atoms with E-state index in [9.17, 15) is 4.79 Å². The second-order valence-electron chi connectivity index (χ2n) is 5.69. The van der Waals surface area contributed by atoms with Crippen LogP contribution < -0.4 is 5.32 Å². The molecule has 6 heteroatoms. The van der Waals surface area contributed by atoms with Crippen molar-refractivity contribution in [3.8, 4) is 5.69 Å². The van der Waals surface area contributed by atoms with Crippen molar-refractivity contribution in [3.05, 3.63) is 84.6 Å². The first kappa shape index (κ1) is 15.1. The van der Waals surface area contributed by atoms with Gasteiger partial charge in [-0.15, -0.1) is 10.2 Å². The molecule has 0 saturated heterocycles. The number of pyridine rings is 1. The van der Waals surface area contributed by atoms with E-state index >= 15 is 0 Å². The average Bonchev–Trinajstić information content (AvgIpc) is 3.32. The molecule has 0 bridgehead atoms. The molecule has 3 aromatic heterocycles. The predicted octanol–water partition coefficient (Wildman–Crippen LogP) is 2.49. The Morgan fingerprint density at radius 3 is 2.48 bits per heavy atom. The van der Waals surface area contributed by atoms with Crippen molar-refractivity contribution in [3.63, 3.8) is 0 Å². The lowest BCUT2D eigenvalue weighted by atomic mass is 10.2. The van der Waals surface area contributed by atoms with Crippen LogP contribution in [0.1, 0.15) is 16.2 Å². The van der Waals surface area contributed by atoms with E-state index in [4.69, 9.17) is 0 Å². The summed E-state index contributed by atoms with van der Waals surface area (Å²) in [7, 11) is 0. The van der Waals surface area contributed by atoms with Gasteiger partial charge >= 0.3 is 0 Å². The SMILES string of the molecule is O=C(NCCc1nnc2ccccn12)c1ccc(-n2cccc2)cc1. The molecule has 6 nitrogen and oxygen atoms in total. The zero-order valence-electron chi connectivity index (χ0n) is 13.5. The summed E-state index contributed by atoms with van der Waals surface area (Å²) in [5.41, 5.74) is 2.47. The monoisotopic (exact) mass is 331 g/mol. The molecule has 1 aromatic carbocycles. The molecular weight excluding hydrogens is 314 g/mol. The Kier molecular flexibility index (Phi) is 4.00. The zero-order valence-corrected chi connectivity index (χ0v) is 13.5. The Labute approximate surface area is 144 Å². The van der Waals surface area contributed by atoms with Gasteiger partial charge in [-0.3, -0.25) is 9.20 Å². The molecule has 3 heterocycles. The molecule has 0 spiro atoms. The largest absolute Gasteiger partial charge is 0.352 e. The van der Waals surface area contributed by atoms with Crippen LogP contribution in [-0.2, 0) is 6.42 Å². The number of carbonyl (C=O) groups is 1. The first-order valence-corrected chi connectivity index (χ1v) is 8.11. The average molecular weight is 331 g/mol. The van der Waals surface area contributed by atoms with Crippen molar-refractivity contribution in [2.45, 2.75) is 6.42 Å². The lowest BCUT2D eigenvalue weighted by Crippen LogP contribution is -2.26. The van der Waals surface area contributed by atoms with Crippen LogP contribution in [0.3, 0.4) is 0 Å². The third-order valence-corrected chi connectivity index (χ3v) is 4.05. The van der Waals surface area contributed by atoms with E-state index in [1.165, 1.54) is 0 Å². The third-order valence-electron chi connectivity index (χ3n) is 4.05. The van der Waals surface area contributed by atoms with Gasteiger partial charge in [0.1, 0.15) is 5.82 Å². The summed E-state index contributed by atoms with van der Waals surface area (Å²) in [6.45, 7) is 0.508. The topological polar surface area (TPSA) is 64.2 Å². The zero-order chi connectivity index (χ0) is 17.1. The highest BCUT2D eigenvalue weighted by molar-refractivity contribution is 5.94. The van der Waals surface area contributed by atoms with Crippen molar-refractivity contribution in [1.29, 1.82) is 0 Å². The normalized spacial score (nSPS) is 10.9. The lowest BCUT2D eigenvalue weighted by Gasteiger charge is -2.07. The van der Waals surface area contributed by atoms with Gasteiger partial charge in [-0.1, -0.05) is 6.07 Å². The molecule has 0 unspecified atom stereocenters. The molecule has 0 aliphatic carbocycles. The molecule has 0 aliphatic heterocycles. The fourth-order valence-electron chi connectivity index (χ4n) is 2.74. The van der Waals surface area contributed by atoms with Gasteiger partial charge in [-0.25, -0.2) is 0 Å². The minimum atomic E-state index is -0.0899. The summed E-state index contributed by atoms with van der Waals surface area (Å²) in [4.78, 5) is 12.3. The molecule has 1 N–H and O–H groups in total. The highest BCUT2D eigenvalue weighted by Gasteiger charge is 2.08. The summed E-state index contributed by atoms with van der Waals surface area (Å²) < 4.78 is 3.93. The van der Waals surface area contributed by atoms with Gasteiger partial charge in [0, 0.05) is 42.8 Å². The van der Waals surface area contributed by atoms with Gasteiger partial charge in [-0.05, 0) is 48.5 Å². The van der Waals surface area contributed by atoms with Gasteiger partial charge in [0.25, 0.3) is 5.91 Å². The summed E-state index contributed by atoms with van der Waals surface area (Å²) in [5.74, 6) is 0.742. The number of fused-ring (bicyclic) bond motifs is 1. The number of amides is 1. The Hall–Kier alpha value is -3.41. The van der Waals surface area contributed by atoms with Crippen LogP contribution in [-0.4, -0.2) is 31.6 Å². The van der Waals surface area contributed by atoms with Gasteiger partial charge in [-0.2, -0.15) is 0 Å². The number of hydrogen-bond donors (Lipinski definition) is 1. The maximum absolute atomic E-state index is 12.3. The molecule has 25 heavy (non-hydrogen) atoms. The second-order valence-corrected chi connectivity index (χ2v) is 5.69. The van der Waals surface area contributed by atoms with E-state index in [-0.39, 0.29) is 5.91 Å². The van der Waals surface area contributed by atoms with Crippen molar-refractivity contribution in [1.82, 2.24) is 24.5 Å². The second kappa shape index (κ2) is 6.60. The molecular formula is C19H17N5O. The maximum atomic E-state index is 12.3. The number of nitrogens with zero attached hydrogens (tertiary/aromatic N) is 4. The van der Waals surface area contributed by atoms with Crippen molar-refractivity contribution < 1.29 is 4.79 Å². The molecule has 124 valence electrons. The Balaban J connectivity index is 1.37. The summed E-state index contributed by atoms with van der Waals surface area (Å²) in [5, 5.41) is 11.2. The van der Waals surface area contributed by atoms with E-state index < -0.39 is 0 Å². The van der Waals surface area contributed by atoms with Gasteiger partial charge < -0.3 is 9.88 Å². The minimum Gasteiger partial charge on any atom is -0.352 e. The van der Waals surface area contributed by atoms with E-state index in [1.807, 2.05) is 82.2 Å². The Bertz CT molecular complexity index is 986. The van der Waals surface area contributed by atoms with Crippen LogP contribution >= 0.6 is 0 Å². The fraction of sp³-hybridized carbons (Fsp3) is 0.105. The standard InChI is InChI=1S/C19H17N5O/c25-19(15-6-8-16(9-7-15)23-12-3-4-13-23)20-11-10-18-22-21-17-5-1-2-14-24(17)18/h1-9,12-14H,10-11H2,(H,20,25). The summed E-state index contributed by atoms with van der Waals surface area (Å²) >= 11 is 0. The minimum absolute atomic E-state index is 0.0899. The van der Waals surface area contributed by atoms with E-state index in [0.29, 0.717) is 18.5 Å². The smallest absolute Gasteiger partial charge is 0.251 e. The van der Waals surface area contributed by atoms with Crippen LogP contribution in [0, 0.1) is 0 Å². The van der Waals surface area contributed by atoms with Crippen molar-refractivity contribution in [2.24, 2.45) is 0 Å². The van der Waals surface area contributed by atoms with Gasteiger partial charge in [0.05, 0.1) is 0 Å². The Morgan fingerprint density at radius 1 is 0.920 bits per heavy atom. The lowest BCUT2D eigenvalue weighted by molar-refractivity contribution is 0.0954. The molecule has 0 saturated carbocycles. The third kappa shape index (κ3) is 3.14. The number of aromatic nitrogens is 4. The van der Waals surface area contributed by atoms with Crippen molar-refractivity contribution >= 4 is 11.6 Å². The van der Waals surface area contributed by atoms with E-state index in [1.54, 1.807) is 0 Å². The molecule has 0 fully saturated rings. The van der Waals surface area contributed by atoms with E-state index in [0.717, 1.165) is 17.2 Å². The molecule has 1 amide bonds. The van der Waals surface area contributed by atoms with Crippen LogP contribution in [0.2, 0.25) is 0 Å². The van der Waals surface area contributed by atoms with Crippen LogP contribution in [0.4, 0.5) is 0 Å². The molecule has 4 aromatic rings. The highest BCUT2D eigenvalue weighted by Crippen LogP contribution is 2.10. The van der Waals surface area contributed by atoms with Gasteiger partial charge in [0.15, 0.2) is 5.65 Å². The number of rotatable bonds is 5.